The van der Waals surface area contributed by atoms with Gasteiger partial charge in [0.05, 0.1) is 22.2 Å². The van der Waals surface area contributed by atoms with Gasteiger partial charge in [-0.25, -0.2) is 18.6 Å². The average molecular weight is 670 g/mol. The van der Waals surface area contributed by atoms with Gasteiger partial charge in [-0.15, -0.1) is 0 Å². The lowest BCUT2D eigenvalue weighted by molar-refractivity contribution is 0.0696. The standard InChI is InChI=1S/C38H34ClF2N3O4/c39-26-10-13-30(32(40)20-26)29-12-8-23(37(45)43-16-4-5-17-43)18-25(29)22-48-28-11-14-31(33(41)21-28)36-42-34-19-24(38(46)47)9-15-35(34)44(36)27-6-2-1-3-7-27/h8-15,18-21,27H,1-7,16-17,22H2,(H,46,47). The molecule has 7 rings (SSSR count). The van der Waals surface area contributed by atoms with Crippen molar-refractivity contribution in [3.63, 3.8) is 0 Å². The lowest BCUT2D eigenvalue weighted by Crippen LogP contribution is -2.27. The van der Waals surface area contributed by atoms with Crippen molar-refractivity contribution >= 4 is 34.5 Å². The molecule has 1 aliphatic carbocycles. The number of imidazole rings is 1. The molecule has 1 aliphatic heterocycles. The number of carbonyl (C=O) groups excluding carboxylic acids is 1. The number of nitrogens with zero attached hydrogens (tertiary/aromatic N) is 3. The first-order chi connectivity index (χ1) is 23.3. The van der Waals surface area contributed by atoms with E-state index in [9.17, 15) is 14.7 Å². The number of likely N-dealkylation sites (tertiary alicyclic amines) is 1. The summed E-state index contributed by atoms with van der Waals surface area (Å²) in [6, 6.07) is 19.1. The van der Waals surface area contributed by atoms with Crippen LogP contribution in [0.5, 0.6) is 5.75 Å². The molecule has 2 fully saturated rings. The second-order valence-corrected chi connectivity index (χ2v) is 13.0. The highest BCUT2D eigenvalue weighted by Crippen LogP contribution is 2.38. The van der Waals surface area contributed by atoms with Crippen LogP contribution in [0.1, 0.15) is 77.3 Å². The van der Waals surface area contributed by atoms with Crippen LogP contribution in [0.3, 0.4) is 0 Å². The Bertz CT molecular complexity index is 2030. The summed E-state index contributed by atoms with van der Waals surface area (Å²) < 4.78 is 39.2. The van der Waals surface area contributed by atoms with Crippen LogP contribution < -0.4 is 4.74 Å². The van der Waals surface area contributed by atoms with Crippen LogP contribution in [0.2, 0.25) is 5.02 Å². The van der Waals surface area contributed by atoms with E-state index in [1.54, 1.807) is 59.5 Å². The zero-order valence-corrected chi connectivity index (χ0v) is 27.0. The fourth-order valence-corrected chi connectivity index (χ4v) is 7.14. The second-order valence-electron chi connectivity index (χ2n) is 12.5. The van der Waals surface area contributed by atoms with Crippen LogP contribution in [-0.4, -0.2) is 44.5 Å². The van der Waals surface area contributed by atoms with Gasteiger partial charge in [0.2, 0.25) is 0 Å². The summed E-state index contributed by atoms with van der Waals surface area (Å²) in [5, 5.41) is 9.81. The number of ether oxygens (including phenoxy) is 1. The van der Waals surface area contributed by atoms with Crippen molar-refractivity contribution in [1.82, 2.24) is 14.5 Å². The number of hydrogen-bond acceptors (Lipinski definition) is 4. The number of aromatic carboxylic acids is 1. The van der Waals surface area contributed by atoms with Crippen molar-refractivity contribution < 1.29 is 28.2 Å². The molecule has 0 bridgehead atoms. The minimum absolute atomic E-state index is 0.0458. The predicted molar refractivity (Wildman–Crippen MR) is 181 cm³/mol. The molecule has 7 nitrogen and oxygen atoms in total. The third kappa shape index (κ3) is 6.27. The van der Waals surface area contributed by atoms with E-state index in [-0.39, 0.29) is 40.5 Å². The number of carbonyl (C=O) groups is 2. The Morgan fingerprint density at radius 1 is 0.812 bits per heavy atom. The van der Waals surface area contributed by atoms with Crippen molar-refractivity contribution in [2.24, 2.45) is 0 Å². The van der Waals surface area contributed by atoms with E-state index in [1.165, 1.54) is 18.2 Å². The molecule has 4 aromatic carbocycles. The van der Waals surface area contributed by atoms with E-state index in [4.69, 9.17) is 21.3 Å². The van der Waals surface area contributed by atoms with E-state index in [1.807, 2.05) is 0 Å². The van der Waals surface area contributed by atoms with Crippen molar-refractivity contribution in [1.29, 1.82) is 0 Å². The van der Waals surface area contributed by atoms with Gasteiger partial charge in [-0.1, -0.05) is 36.9 Å². The molecule has 0 unspecified atom stereocenters. The maximum absolute atomic E-state index is 16.0. The molecular formula is C38H34ClF2N3O4. The van der Waals surface area contributed by atoms with Gasteiger partial charge in [0, 0.05) is 41.3 Å². The Morgan fingerprint density at radius 2 is 1.52 bits per heavy atom. The van der Waals surface area contributed by atoms with E-state index in [2.05, 4.69) is 4.57 Å². The largest absolute Gasteiger partial charge is 0.489 e. The number of amides is 1. The number of carboxylic acids is 1. The van der Waals surface area contributed by atoms with Gasteiger partial charge in [0.25, 0.3) is 5.91 Å². The molecule has 0 spiro atoms. The molecule has 5 aromatic rings. The van der Waals surface area contributed by atoms with Crippen LogP contribution in [-0.2, 0) is 6.61 Å². The highest BCUT2D eigenvalue weighted by atomic mass is 35.5. The Balaban J connectivity index is 1.21. The number of rotatable bonds is 8. The van der Waals surface area contributed by atoms with Crippen LogP contribution in [0.25, 0.3) is 33.5 Å². The Morgan fingerprint density at radius 3 is 2.25 bits per heavy atom. The summed E-state index contributed by atoms with van der Waals surface area (Å²) in [6.07, 6.45) is 7.02. The lowest BCUT2D eigenvalue weighted by atomic mass is 9.94. The van der Waals surface area contributed by atoms with Gasteiger partial charge >= 0.3 is 5.97 Å². The first-order valence-electron chi connectivity index (χ1n) is 16.3. The number of benzene rings is 4. The highest BCUT2D eigenvalue weighted by molar-refractivity contribution is 6.30. The highest BCUT2D eigenvalue weighted by Gasteiger charge is 2.25. The number of fused-ring (bicyclic) bond motifs is 1. The third-order valence-electron chi connectivity index (χ3n) is 9.42. The summed E-state index contributed by atoms with van der Waals surface area (Å²) in [5.74, 6) is -1.50. The van der Waals surface area contributed by atoms with Gasteiger partial charge in [0.15, 0.2) is 0 Å². The van der Waals surface area contributed by atoms with Crippen LogP contribution in [0, 0.1) is 11.6 Å². The van der Waals surface area contributed by atoms with Gasteiger partial charge in [-0.3, -0.25) is 4.79 Å². The van der Waals surface area contributed by atoms with Crippen molar-refractivity contribution in [3.8, 4) is 28.3 Å². The first-order valence-corrected chi connectivity index (χ1v) is 16.7. The second kappa shape index (κ2) is 13.4. The average Bonchev–Trinajstić information content (AvgIpc) is 3.76. The molecule has 1 N–H and O–H groups in total. The van der Waals surface area contributed by atoms with Gasteiger partial charge in [-0.2, -0.15) is 0 Å². The molecular weight excluding hydrogens is 636 g/mol. The number of carboxylic acid groups (broad SMARTS) is 1. The van der Waals surface area contributed by atoms with E-state index < -0.39 is 17.6 Å². The fourth-order valence-electron chi connectivity index (χ4n) is 6.98. The molecule has 10 heteroatoms. The Hall–Kier alpha value is -4.76. The topological polar surface area (TPSA) is 84.7 Å². The molecule has 246 valence electrons. The maximum Gasteiger partial charge on any atom is 0.335 e. The van der Waals surface area contributed by atoms with Crippen LogP contribution in [0.4, 0.5) is 8.78 Å². The van der Waals surface area contributed by atoms with Gasteiger partial charge < -0.3 is 19.3 Å². The summed E-state index contributed by atoms with van der Waals surface area (Å²) in [5.41, 5.74) is 3.57. The minimum Gasteiger partial charge on any atom is -0.489 e. The van der Waals surface area contributed by atoms with E-state index in [0.717, 1.165) is 50.5 Å². The molecule has 1 amide bonds. The minimum atomic E-state index is -1.05. The summed E-state index contributed by atoms with van der Waals surface area (Å²) in [6.45, 7) is 1.34. The molecule has 0 atom stereocenters. The molecule has 1 saturated carbocycles. The fraction of sp³-hybridized carbons (Fsp3) is 0.289. The van der Waals surface area contributed by atoms with Crippen molar-refractivity contribution in [2.75, 3.05) is 13.1 Å². The zero-order chi connectivity index (χ0) is 33.4. The number of aromatic nitrogens is 2. The van der Waals surface area contributed by atoms with Crippen LogP contribution in [0.15, 0.2) is 72.8 Å². The molecule has 1 saturated heterocycles. The smallest absolute Gasteiger partial charge is 0.335 e. The summed E-state index contributed by atoms with van der Waals surface area (Å²) >= 11 is 6.01. The molecule has 0 radical (unpaired) electrons. The molecule has 48 heavy (non-hydrogen) atoms. The summed E-state index contributed by atoms with van der Waals surface area (Å²) in [7, 11) is 0. The first kappa shape index (κ1) is 31.8. The van der Waals surface area contributed by atoms with Gasteiger partial charge in [-0.05, 0) is 97.5 Å². The normalized spacial score (nSPS) is 15.3. The zero-order valence-electron chi connectivity index (χ0n) is 26.2. The SMILES string of the molecule is O=C(O)c1ccc2c(c1)nc(-c1ccc(OCc3cc(C(=O)N4CCCC4)ccc3-c3ccc(Cl)cc3F)cc1F)n2C1CCCCC1. The Labute approximate surface area is 281 Å². The number of hydrogen-bond donors (Lipinski definition) is 1. The van der Waals surface area contributed by atoms with E-state index >= 15 is 8.78 Å². The quantitative estimate of drug-likeness (QED) is 0.178. The molecule has 2 heterocycles. The lowest BCUT2D eigenvalue weighted by Gasteiger charge is -2.25. The van der Waals surface area contributed by atoms with Crippen molar-refractivity contribution in [2.45, 2.75) is 57.6 Å². The Kier molecular flexibility index (Phi) is 8.88. The monoisotopic (exact) mass is 669 g/mol. The van der Waals surface area contributed by atoms with Crippen LogP contribution >= 0.6 is 11.6 Å². The predicted octanol–water partition coefficient (Wildman–Crippen LogP) is 9.32. The maximum atomic E-state index is 16.0. The molecule has 2 aliphatic rings. The summed E-state index contributed by atoms with van der Waals surface area (Å²) in [4.78, 5) is 31.4. The molecule has 1 aromatic heterocycles. The third-order valence-corrected chi connectivity index (χ3v) is 9.65. The van der Waals surface area contributed by atoms with E-state index in [0.29, 0.717) is 46.7 Å². The van der Waals surface area contributed by atoms with Crippen molar-refractivity contribution in [3.05, 3.63) is 106 Å². The number of halogens is 3. The van der Waals surface area contributed by atoms with Gasteiger partial charge in [0.1, 0.15) is 29.8 Å².